The van der Waals surface area contributed by atoms with Gasteiger partial charge in [-0.15, -0.1) is 0 Å². The molecule has 0 fully saturated rings. The third kappa shape index (κ3) is 4.82. The van der Waals surface area contributed by atoms with Crippen molar-refractivity contribution < 1.29 is 13.2 Å². The van der Waals surface area contributed by atoms with E-state index in [0.717, 1.165) is 0 Å². The highest BCUT2D eigenvalue weighted by molar-refractivity contribution is 7.89. The molecule has 0 atom stereocenters. The van der Waals surface area contributed by atoms with Gasteiger partial charge in [0.05, 0.1) is 17.0 Å². The second kappa shape index (κ2) is 8.46. The fraction of sp³-hybridized carbons (Fsp3) is 0.0476. The maximum atomic E-state index is 12.6. The van der Waals surface area contributed by atoms with Crippen molar-refractivity contribution >= 4 is 38.3 Å². The number of sulfonamides is 1. The number of hydrogen-bond acceptors (Lipinski definition) is 7. The minimum Gasteiger partial charge on any atom is -0.378 e. The Labute approximate surface area is 178 Å². The van der Waals surface area contributed by atoms with Gasteiger partial charge >= 0.3 is 0 Å². The van der Waals surface area contributed by atoms with E-state index in [0.29, 0.717) is 33.8 Å². The van der Waals surface area contributed by atoms with Gasteiger partial charge in [0, 0.05) is 29.0 Å². The Morgan fingerprint density at radius 2 is 1.65 bits per heavy atom. The number of rotatable bonds is 6. The molecule has 0 saturated carbocycles. The van der Waals surface area contributed by atoms with E-state index in [1.807, 2.05) is 24.3 Å². The summed E-state index contributed by atoms with van der Waals surface area (Å²) in [5, 5.41) is 11.8. The van der Waals surface area contributed by atoms with Crippen LogP contribution in [0.25, 0.3) is 10.9 Å². The molecule has 9 nitrogen and oxygen atoms in total. The van der Waals surface area contributed by atoms with Crippen molar-refractivity contribution in [2.24, 2.45) is 5.14 Å². The summed E-state index contributed by atoms with van der Waals surface area (Å²) < 4.78 is 22.8. The zero-order valence-electron chi connectivity index (χ0n) is 16.2. The topological polar surface area (TPSA) is 140 Å². The monoisotopic (exact) mass is 434 g/mol. The van der Waals surface area contributed by atoms with Gasteiger partial charge in [0.1, 0.15) is 11.6 Å². The van der Waals surface area contributed by atoms with E-state index in [1.165, 1.54) is 12.1 Å². The maximum absolute atomic E-state index is 12.6. The fourth-order valence-electron chi connectivity index (χ4n) is 2.93. The van der Waals surface area contributed by atoms with Crippen molar-refractivity contribution in [1.82, 2.24) is 15.0 Å². The molecule has 0 radical (unpaired) electrons. The summed E-state index contributed by atoms with van der Waals surface area (Å²) in [7, 11) is -3.75. The Hall–Kier alpha value is -3.89. The minimum absolute atomic E-state index is 0.0288. The smallest absolute Gasteiger partial charge is 0.256 e. The highest BCUT2D eigenvalue weighted by Gasteiger charge is 2.12. The summed E-state index contributed by atoms with van der Waals surface area (Å²) >= 11 is 0. The fourth-order valence-corrected chi connectivity index (χ4v) is 3.44. The molecule has 2 aromatic carbocycles. The van der Waals surface area contributed by atoms with Gasteiger partial charge in [0.15, 0.2) is 0 Å². The van der Waals surface area contributed by atoms with E-state index in [4.69, 9.17) is 5.14 Å². The molecule has 1 amide bonds. The SMILES string of the molecule is NS(=O)(=O)c1ccc(NCc2nc(NC(=O)c3ccncc3)c3ccccc3n2)cc1. The molecule has 0 aliphatic rings. The summed E-state index contributed by atoms with van der Waals surface area (Å²) in [6.45, 7) is 0.262. The van der Waals surface area contributed by atoms with E-state index in [1.54, 1.807) is 36.7 Å². The second-order valence-corrected chi connectivity index (χ2v) is 8.18. The van der Waals surface area contributed by atoms with Crippen LogP contribution in [0, 0.1) is 0 Å². The molecule has 0 bridgehead atoms. The molecule has 0 unspecified atom stereocenters. The van der Waals surface area contributed by atoms with Gasteiger partial charge in [-0.2, -0.15) is 0 Å². The largest absolute Gasteiger partial charge is 0.378 e. The number of anilines is 2. The van der Waals surface area contributed by atoms with Crippen LogP contribution in [0.5, 0.6) is 0 Å². The Balaban J connectivity index is 1.58. The summed E-state index contributed by atoms with van der Waals surface area (Å²) in [5.74, 6) is 0.553. The van der Waals surface area contributed by atoms with Crippen LogP contribution in [0.15, 0.2) is 78.0 Å². The Morgan fingerprint density at radius 1 is 0.935 bits per heavy atom. The molecule has 2 heterocycles. The summed E-state index contributed by atoms with van der Waals surface area (Å²) in [4.78, 5) is 25.6. The number of carbonyl (C=O) groups excluding carboxylic acids is 1. The zero-order chi connectivity index (χ0) is 21.8. The standard InChI is InChI=1S/C21H18N6O3S/c22-31(29,30)16-7-5-15(6-8-16)24-13-19-25-18-4-2-1-3-17(18)20(26-19)27-21(28)14-9-11-23-12-10-14/h1-12,24H,13H2,(H2,22,29,30)(H,25,26,27,28). The Kier molecular flexibility index (Phi) is 5.56. The Morgan fingerprint density at radius 3 is 2.35 bits per heavy atom. The molecule has 0 spiro atoms. The molecular weight excluding hydrogens is 416 g/mol. The van der Waals surface area contributed by atoms with Crippen molar-refractivity contribution in [3.8, 4) is 0 Å². The van der Waals surface area contributed by atoms with Crippen molar-refractivity contribution in [1.29, 1.82) is 0 Å². The van der Waals surface area contributed by atoms with Crippen molar-refractivity contribution in [3.63, 3.8) is 0 Å². The number of aromatic nitrogens is 3. The first kappa shape index (κ1) is 20.4. The number of benzene rings is 2. The first-order chi connectivity index (χ1) is 14.9. The van der Waals surface area contributed by atoms with Gasteiger partial charge in [-0.3, -0.25) is 9.78 Å². The molecule has 156 valence electrons. The van der Waals surface area contributed by atoms with Crippen LogP contribution < -0.4 is 15.8 Å². The number of nitrogens with two attached hydrogens (primary N) is 1. The van der Waals surface area contributed by atoms with E-state index >= 15 is 0 Å². The molecule has 10 heteroatoms. The molecule has 0 saturated heterocycles. The quantitative estimate of drug-likeness (QED) is 0.423. The molecule has 0 aliphatic heterocycles. The molecule has 4 rings (SSSR count). The second-order valence-electron chi connectivity index (χ2n) is 6.62. The van der Waals surface area contributed by atoms with E-state index < -0.39 is 10.0 Å². The average Bonchev–Trinajstić information content (AvgIpc) is 2.78. The molecule has 2 aromatic heterocycles. The molecule has 0 aliphatic carbocycles. The van der Waals surface area contributed by atoms with Crippen LogP contribution in [0.1, 0.15) is 16.2 Å². The first-order valence-corrected chi connectivity index (χ1v) is 10.8. The van der Waals surface area contributed by atoms with E-state index in [9.17, 15) is 13.2 Å². The molecule has 31 heavy (non-hydrogen) atoms. The lowest BCUT2D eigenvalue weighted by atomic mass is 10.2. The highest BCUT2D eigenvalue weighted by atomic mass is 32.2. The highest BCUT2D eigenvalue weighted by Crippen LogP contribution is 2.21. The van der Waals surface area contributed by atoms with Crippen LogP contribution >= 0.6 is 0 Å². The summed E-state index contributed by atoms with van der Waals surface area (Å²) in [5.41, 5.74) is 1.82. The maximum Gasteiger partial charge on any atom is 0.256 e. The first-order valence-electron chi connectivity index (χ1n) is 9.24. The normalized spacial score (nSPS) is 11.3. The van der Waals surface area contributed by atoms with Gasteiger partial charge in [-0.05, 0) is 48.5 Å². The van der Waals surface area contributed by atoms with Crippen molar-refractivity contribution in [2.75, 3.05) is 10.6 Å². The summed E-state index contributed by atoms with van der Waals surface area (Å²) in [6, 6.07) is 16.6. The number of carbonyl (C=O) groups is 1. The number of nitrogens with one attached hydrogen (secondary N) is 2. The summed E-state index contributed by atoms with van der Waals surface area (Å²) in [6.07, 6.45) is 3.09. The van der Waals surface area contributed by atoms with E-state index in [-0.39, 0.29) is 17.3 Å². The third-order valence-electron chi connectivity index (χ3n) is 4.46. The number of nitrogens with zero attached hydrogens (tertiary/aromatic N) is 3. The lowest BCUT2D eigenvalue weighted by Gasteiger charge is -2.11. The number of primary sulfonamides is 1. The number of amides is 1. The van der Waals surface area contributed by atoms with Crippen LogP contribution in [-0.2, 0) is 16.6 Å². The number of fused-ring (bicyclic) bond motifs is 1. The predicted molar refractivity (Wildman–Crippen MR) is 117 cm³/mol. The lowest BCUT2D eigenvalue weighted by molar-refractivity contribution is 0.102. The van der Waals surface area contributed by atoms with Crippen molar-refractivity contribution in [2.45, 2.75) is 11.4 Å². The minimum atomic E-state index is -3.75. The van der Waals surface area contributed by atoms with Gasteiger partial charge in [0.25, 0.3) is 5.91 Å². The Bertz CT molecular complexity index is 1340. The molecule has 4 aromatic rings. The van der Waals surface area contributed by atoms with Gasteiger partial charge in [0.2, 0.25) is 10.0 Å². The average molecular weight is 434 g/mol. The number of hydrogen-bond donors (Lipinski definition) is 3. The van der Waals surface area contributed by atoms with Gasteiger partial charge in [-0.25, -0.2) is 23.5 Å². The molecular formula is C21H18N6O3S. The zero-order valence-corrected chi connectivity index (χ0v) is 17.0. The van der Waals surface area contributed by atoms with E-state index in [2.05, 4.69) is 25.6 Å². The van der Waals surface area contributed by atoms with Gasteiger partial charge < -0.3 is 10.6 Å². The predicted octanol–water partition coefficient (Wildman–Crippen LogP) is 2.54. The van der Waals surface area contributed by atoms with Crippen molar-refractivity contribution in [3.05, 3.63) is 84.4 Å². The van der Waals surface area contributed by atoms with Crippen LogP contribution in [0.4, 0.5) is 11.5 Å². The van der Waals surface area contributed by atoms with Crippen LogP contribution in [0.2, 0.25) is 0 Å². The molecule has 4 N–H and O–H groups in total. The third-order valence-corrected chi connectivity index (χ3v) is 5.39. The number of pyridine rings is 1. The van der Waals surface area contributed by atoms with Crippen LogP contribution in [0.3, 0.4) is 0 Å². The lowest BCUT2D eigenvalue weighted by Crippen LogP contribution is -2.15. The van der Waals surface area contributed by atoms with Gasteiger partial charge in [-0.1, -0.05) is 12.1 Å². The van der Waals surface area contributed by atoms with Crippen LogP contribution in [-0.4, -0.2) is 29.3 Å². The number of para-hydroxylation sites is 1.